The fraction of sp³-hybridized carbons (Fsp3) is 0.0769. The van der Waals surface area contributed by atoms with Crippen molar-refractivity contribution in [3.63, 3.8) is 0 Å². The van der Waals surface area contributed by atoms with Gasteiger partial charge < -0.3 is 4.74 Å². The van der Waals surface area contributed by atoms with Gasteiger partial charge in [0, 0.05) is 13.6 Å². The van der Waals surface area contributed by atoms with Gasteiger partial charge in [-0.1, -0.05) is 34.7 Å². The molecular weight excluding hydrogens is 379 g/mol. The summed E-state index contributed by atoms with van der Waals surface area (Å²) >= 11 is 5.74. The molecule has 16 heavy (non-hydrogen) atoms. The Kier molecular flexibility index (Phi) is 3.86. The van der Waals surface area contributed by atoms with Crippen molar-refractivity contribution in [2.45, 2.75) is 0 Å². The Morgan fingerprint density at radius 2 is 2.19 bits per heavy atom. The molecule has 1 aromatic rings. The largest absolute Gasteiger partial charge is 0.488 e. The Morgan fingerprint density at radius 3 is 3.00 bits per heavy atom. The molecule has 0 spiro atoms. The van der Waals surface area contributed by atoms with Gasteiger partial charge in [0.1, 0.15) is 12.4 Å². The monoisotopic (exact) mass is 388 g/mol. The van der Waals surface area contributed by atoms with Gasteiger partial charge in [0.15, 0.2) is 0 Å². The maximum absolute atomic E-state index is 5.73. The third kappa shape index (κ3) is 2.77. The molecule has 0 saturated carbocycles. The first-order chi connectivity index (χ1) is 7.66. The molecule has 1 aromatic carbocycles. The van der Waals surface area contributed by atoms with E-state index < -0.39 is 0 Å². The smallest absolute Gasteiger partial charge is 0.127 e. The van der Waals surface area contributed by atoms with Crippen molar-refractivity contribution in [2.75, 3.05) is 6.61 Å². The van der Waals surface area contributed by atoms with E-state index in [0.29, 0.717) is 6.61 Å². The molecule has 82 valence electrons. The van der Waals surface area contributed by atoms with E-state index in [9.17, 15) is 0 Å². The lowest BCUT2D eigenvalue weighted by molar-refractivity contribution is 0.359. The van der Waals surface area contributed by atoms with Gasteiger partial charge in [-0.05, 0) is 52.4 Å². The highest BCUT2D eigenvalue weighted by molar-refractivity contribution is 14.1. The van der Waals surface area contributed by atoms with Crippen LogP contribution in [0.5, 0.6) is 5.75 Å². The van der Waals surface area contributed by atoms with Crippen LogP contribution in [0.15, 0.2) is 47.5 Å². The third-order valence-electron chi connectivity index (χ3n) is 2.23. The molecule has 0 amide bonds. The molecule has 3 heteroatoms. The summed E-state index contributed by atoms with van der Waals surface area (Å²) in [5.41, 5.74) is 2.02. The molecule has 0 atom stereocenters. The van der Waals surface area contributed by atoms with E-state index in [0.717, 1.165) is 21.4 Å². The van der Waals surface area contributed by atoms with Crippen LogP contribution in [0.4, 0.5) is 0 Å². The first-order valence-corrected chi connectivity index (χ1v) is 6.68. The van der Waals surface area contributed by atoms with Crippen LogP contribution in [0.3, 0.4) is 0 Å². The topological polar surface area (TPSA) is 9.23 Å². The van der Waals surface area contributed by atoms with Crippen LogP contribution >= 0.6 is 38.5 Å². The minimum atomic E-state index is 0.547. The van der Waals surface area contributed by atoms with E-state index in [1.54, 1.807) is 0 Å². The third-order valence-corrected chi connectivity index (χ3v) is 3.39. The van der Waals surface area contributed by atoms with Crippen LogP contribution in [0, 0.1) is 3.57 Å². The molecule has 1 aliphatic rings. The summed E-state index contributed by atoms with van der Waals surface area (Å²) in [5.74, 6) is 0.877. The summed E-state index contributed by atoms with van der Waals surface area (Å²) in [6.07, 6.45) is 5.94. The molecule has 0 unspecified atom stereocenters. The minimum absolute atomic E-state index is 0.547. The molecule has 0 bridgehead atoms. The molecule has 0 radical (unpaired) electrons. The van der Waals surface area contributed by atoms with Crippen molar-refractivity contribution in [1.82, 2.24) is 0 Å². The molecule has 0 saturated heterocycles. The van der Waals surface area contributed by atoms with E-state index in [1.165, 1.54) is 3.57 Å². The van der Waals surface area contributed by atoms with Gasteiger partial charge in [-0.2, -0.15) is 0 Å². The number of ether oxygens (including phenoxy) is 1. The normalized spacial score (nSPS) is 20.6. The summed E-state index contributed by atoms with van der Waals surface area (Å²) in [5, 5.41) is 0. The molecule has 2 rings (SSSR count). The van der Waals surface area contributed by atoms with E-state index in [-0.39, 0.29) is 0 Å². The second-order valence-corrected chi connectivity index (χ2v) is 5.69. The highest BCUT2D eigenvalue weighted by atomic mass is 127. The van der Waals surface area contributed by atoms with Crippen molar-refractivity contribution >= 4 is 44.1 Å². The van der Waals surface area contributed by atoms with Gasteiger partial charge in [0.05, 0.1) is 0 Å². The molecule has 1 heterocycles. The van der Waals surface area contributed by atoms with E-state index >= 15 is 0 Å². The number of halogens is 2. The quantitative estimate of drug-likeness (QED) is 0.593. The molecule has 1 nitrogen and oxygen atoms in total. The second kappa shape index (κ2) is 5.19. The lowest BCUT2D eigenvalue weighted by Gasteiger charge is -2.11. The van der Waals surface area contributed by atoms with Gasteiger partial charge in [0.2, 0.25) is 0 Å². The molecular formula is C13H10BrIO. The Morgan fingerprint density at radius 1 is 1.38 bits per heavy atom. The molecule has 0 aliphatic carbocycles. The van der Waals surface area contributed by atoms with Crippen LogP contribution in [0.1, 0.15) is 5.56 Å². The first kappa shape index (κ1) is 11.9. The van der Waals surface area contributed by atoms with Gasteiger partial charge in [-0.15, -0.1) is 0 Å². The maximum atomic E-state index is 5.73. The Labute approximate surface area is 117 Å². The average molecular weight is 389 g/mol. The SMILES string of the molecule is C=C1/C=C\C=C(\Br)COc2ccc(I)cc21. The number of allylic oxidation sites excluding steroid dienone is 4. The average Bonchev–Trinajstić information content (AvgIpc) is 2.32. The molecule has 0 aromatic heterocycles. The summed E-state index contributed by atoms with van der Waals surface area (Å²) in [7, 11) is 0. The van der Waals surface area contributed by atoms with Gasteiger partial charge >= 0.3 is 0 Å². The van der Waals surface area contributed by atoms with Crippen molar-refractivity contribution < 1.29 is 4.74 Å². The Bertz CT molecular complexity index is 489. The van der Waals surface area contributed by atoms with Crippen molar-refractivity contribution in [3.8, 4) is 5.75 Å². The number of fused-ring (bicyclic) bond motifs is 1. The van der Waals surface area contributed by atoms with Crippen molar-refractivity contribution in [3.05, 3.63) is 56.6 Å². The van der Waals surface area contributed by atoms with Gasteiger partial charge in [-0.3, -0.25) is 0 Å². The zero-order chi connectivity index (χ0) is 11.5. The minimum Gasteiger partial charge on any atom is -0.488 e. The highest BCUT2D eigenvalue weighted by Crippen LogP contribution is 2.29. The second-order valence-electron chi connectivity index (χ2n) is 3.43. The fourth-order valence-electron chi connectivity index (χ4n) is 1.43. The van der Waals surface area contributed by atoms with E-state index in [2.05, 4.69) is 51.2 Å². The molecule has 0 N–H and O–H groups in total. The number of benzene rings is 1. The predicted octanol–water partition coefficient (Wildman–Crippen LogP) is 4.53. The van der Waals surface area contributed by atoms with Crippen LogP contribution in [0.25, 0.3) is 5.57 Å². The Balaban J connectivity index is 2.47. The van der Waals surface area contributed by atoms with Crippen LogP contribution in [-0.2, 0) is 0 Å². The van der Waals surface area contributed by atoms with Gasteiger partial charge in [-0.25, -0.2) is 0 Å². The highest BCUT2D eigenvalue weighted by Gasteiger charge is 2.08. The lowest BCUT2D eigenvalue weighted by atomic mass is 10.1. The zero-order valence-electron chi connectivity index (χ0n) is 8.54. The lowest BCUT2D eigenvalue weighted by Crippen LogP contribution is -1.99. The van der Waals surface area contributed by atoms with Gasteiger partial charge in [0.25, 0.3) is 0 Å². The number of hydrogen-bond acceptors (Lipinski definition) is 1. The standard InChI is InChI=1S/C13H10BrIO/c1-9-3-2-4-10(14)8-16-13-6-5-11(15)7-12(9)13/h2-7H,1,8H2/b3-2-,10-4+. The van der Waals surface area contributed by atoms with Crippen LogP contribution in [-0.4, -0.2) is 6.61 Å². The number of hydrogen-bond donors (Lipinski definition) is 0. The summed E-state index contributed by atoms with van der Waals surface area (Å²) in [6, 6.07) is 6.11. The predicted molar refractivity (Wildman–Crippen MR) is 79.8 cm³/mol. The number of rotatable bonds is 0. The summed E-state index contributed by atoms with van der Waals surface area (Å²) in [4.78, 5) is 0. The molecule has 1 aliphatic heterocycles. The fourth-order valence-corrected chi connectivity index (χ4v) is 2.19. The zero-order valence-corrected chi connectivity index (χ0v) is 12.3. The maximum Gasteiger partial charge on any atom is 0.127 e. The first-order valence-electron chi connectivity index (χ1n) is 4.81. The van der Waals surface area contributed by atoms with Crippen molar-refractivity contribution in [1.29, 1.82) is 0 Å². The van der Waals surface area contributed by atoms with E-state index in [4.69, 9.17) is 4.74 Å². The van der Waals surface area contributed by atoms with E-state index in [1.807, 2.05) is 30.4 Å². The van der Waals surface area contributed by atoms with Crippen molar-refractivity contribution in [2.24, 2.45) is 0 Å². The molecule has 0 fully saturated rings. The van der Waals surface area contributed by atoms with Crippen LogP contribution in [0.2, 0.25) is 0 Å². The van der Waals surface area contributed by atoms with Crippen LogP contribution < -0.4 is 4.74 Å². The Hall–Kier alpha value is -0.550. The summed E-state index contributed by atoms with van der Waals surface area (Å²) < 4.78 is 7.92. The summed E-state index contributed by atoms with van der Waals surface area (Å²) in [6.45, 7) is 4.60.